The minimum absolute atomic E-state index is 0. The highest BCUT2D eigenvalue weighted by molar-refractivity contribution is 6.17. The largest absolute Gasteiger partial charge is 0.404 e. The summed E-state index contributed by atoms with van der Waals surface area (Å²) in [5.74, 6) is -0.280. The molecule has 26 heavy (non-hydrogen) atoms. The first kappa shape index (κ1) is 25.4. The zero-order valence-corrected chi connectivity index (χ0v) is 15.1. The van der Waals surface area contributed by atoms with Crippen molar-refractivity contribution in [1.29, 1.82) is 0 Å². The molecule has 0 aromatic heterocycles. The summed E-state index contributed by atoms with van der Waals surface area (Å²) in [6, 6.07) is 6.32. The van der Waals surface area contributed by atoms with Crippen LogP contribution in [0.4, 0.5) is 0 Å². The number of terminal acetylenes is 1. The monoisotopic (exact) mass is 357 g/mol. The Labute approximate surface area is 157 Å². The van der Waals surface area contributed by atoms with Crippen molar-refractivity contribution in [3.05, 3.63) is 58.4 Å². The summed E-state index contributed by atoms with van der Waals surface area (Å²) < 4.78 is 0. The van der Waals surface area contributed by atoms with Gasteiger partial charge in [0.1, 0.15) is 0 Å². The summed E-state index contributed by atoms with van der Waals surface area (Å²) in [6.07, 6.45) is 11.5. The van der Waals surface area contributed by atoms with Gasteiger partial charge < -0.3 is 16.8 Å². The molecular weight excluding hydrogens is 326 g/mol. The number of carbonyl (C=O) groups excluding carboxylic acids is 2. The van der Waals surface area contributed by atoms with Gasteiger partial charge in [0.05, 0.1) is 5.70 Å². The van der Waals surface area contributed by atoms with E-state index in [1.54, 1.807) is 0 Å². The number of ketones is 2. The van der Waals surface area contributed by atoms with Crippen molar-refractivity contribution in [3.63, 3.8) is 0 Å². The SMILES string of the molecule is C.C#C.CN.Cc1ccc(CCNC2=CC(=O)C/C(=C\N)C2=O)cc1C. The van der Waals surface area contributed by atoms with Gasteiger partial charge in [-0.1, -0.05) is 25.6 Å². The molecule has 0 spiro atoms. The summed E-state index contributed by atoms with van der Waals surface area (Å²) in [5.41, 5.74) is 14.3. The molecule has 2 rings (SSSR count). The lowest BCUT2D eigenvalue weighted by atomic mass is 9.96. The van der Waals surface area contributed by atoms with E-state index in [-0.39, 0.29) is 25.4 Å². The van der Waals surface area contributed by atoms with E-state index in [1.807, 2.05) is 0 Å². The zero-order valence-electron chi connectivity index (χ0n) is 15.1. The highest BCUT2D eigenvalue weighted by atomic mass is 16.1. The first-order valence-corrected chi connectivity index (χ1v) is 7.92. The molecule has 0 saturated carbocycles. The average molecular weight is 357 g/mol. The molecule has 0 saturated heterocycles. The summed E-state index contributed by atoms with van der Waals surface area (Å²) in [7, 11) is 1.50. The maximum Gasteiger partial charge on any atom is 0.206 e. The van der Waals surface area contributed by atoms with Crippen LogP contribution in [0.1, 0.15) is 30.5 Å². The second-order valence-electron chi connectivity index (χ2n) is 5.32. The van der Waals surface area contributed by atoms with Crippen LogP contribution in [0.5, 0.6) is 0 Å². The van der Waals surface area contributed by atoms with Gasteiger partial charge in [-0.2, -0.15) is 0 Å². The molecule has 0 radical (unpaired) electrons. The molecule has 0 bridgehead atoms. The smallest absolute Gasteiger partial charge is 0.206 e. The number of carbonyl (C=O) groups is 2. The summed E-state index contributed by atoms with van der Waals surface area (Å²) >= 11 is 0. The fraction of sp³-hybridized carbons (Fsp3) is 0.333. The third-order valence-corrected chi connectivity index (χ3v) is 3.71. The molecule has 1 aromatic rings. The van der Waals surface area contributed by atoms with Gasteiger partial charge in [0.2, 0.25) is 5.78 Å². The number of hydrogen-bond donors (Lipinski definition) is 3. The molecule has 0 heterocycles. The highest BCUT2D eigenvalue weighted by Gasteiger charge is 2.23. The van der Waals surface area contributed by atoms with Gasteiger partial charge >= 0.3 is 0 Å². The number of Topliss-reactive ketones (excluding diaryl/α,β-unsaturated/α-hetero) is 1. The van der Waals surface area contributed by atoms with Crippen molar-refractivity contribution < 1.29 is 9.59 Å². The number of aryl methyl sites for hydroxylation is 2. The van der Waals surface area contributed by atoms with Crippen LogP contribution in [0.25, 0.3) is 0 Å². The van der Waals surface area contributed by atoms with Crippen molar-refractivity contribution in [1.82, 2.24) is 5.32 Å². The second-order valence-corrected chi connectivity index (χ2v) is 5.32. The van der Waals surface area contributed by atoms with Crippen LogP contribution in [0.15, 0.2) is 41.7 Å². The van der Waals surface area contributed by atoms with Gasteiger partial charge in [-0.3, -0.25) is 9.59 Å². The topological polar surface area (TPSA) is 98.2 Å². The molecule has 0 aliphatic heterocycles. The Morgan fingerprint density at radius 1 is 1.15 bits per heavy atom. The van der Waals surface area contributed by atoms with Crippen LogP contribution < -0.4 is 16.8 Å². The molecule has 1 aliphatic rings. The number of benzene rings is 1. The normalized spacial score (nSPS) is 14.1. The summed E-state index contributed by atoms with van der Waals surface area (Å²) in [4.78, 5) is 23.6. The fourth-order valence-corrected chi connectivity index (χ4v) is 2.28. The molecule has 0 fully saturated rings. The third kappa shape index (κ3) is 7.37. The van der Waals surface area contributed by atoms with E-state index >= 15 is 0 Å². The quantitative estimate of drug-likeness (QED) is 0.567. The van der Waals surface area contributed by atoms with Gasteiger partial charge in [-0.15, -0.1) is 12.8 Å². The van der Waals surface area contributed by atoms with Gasteiger partial charge in [0, 0.05) is 30.8 Å². The third-order valence-electron chi connectivity index (χ3n) is 3.71. The molecule has 0 atom stereocenters. The van der Waals surface area contributed by atoms with E-state index in [4.69, 9.17) is 5.73 Å². The number of nitrogens with one attached hydrogen (secondary N) is 1. The predicted octanol–water partition coefficient (Wildman–Crippen LogP) is 2.16. The van der Waals surface area contributed by atoms with Gasteiger partial charge in [0.25, 0.3) is 0 Å². The van der Waals surface area contributed by atoms with Crippen molar-refractivity contribution >= 4 is 11.6 Å². The Morgan fingerprint density at radius 3 is 2.31 bits per heavy atom. The van der Waals surface area contributed by atoms with E-state index in [9.17, 15) is 9.59 Å². The van der Waals surface area contributed by atoms with Crippen LogP contribution in [0, 0.1) is 26.7 Å². The van der Waals surface area contributed by atoms with Crippen molar-refractivity contribution in [2.45, 2.75) is 34.1 Å². The van der Waals surface area contributed by atoms with E-state index in [0.717, 1.165) is 6.42 Å². The van der Waals surface area contributed by atoms with Crippen LogP contribution in [0.3, 0.4) is 0 Å². The minimum Gasteiger partial charge on any atom is -0.404 e. The van der Waals surface area contributed by atoms with E-state index in [0.29, 0.717) is 17.8 Å². The fourth-order valence-electron chi connectivity index (χ4n) is 2.28. The average Bonchev–Trinajstić information content (AvgIpc) is 2.64. The Kier molecular flexibility index (Phi) is 13.1. The molecule has 1 aliphatic carbocycles. The van der Waals surface area contributed by atoms with Gasteiger partial charge in [-0.25, -0.2) is 0 Å². The lowest BCUT2D eigenvalue weighted by Crippen LogP contribution is -2.29. The molecule has 5 N–H and O–H groups in total. The van der Waals surface area contributed by atoms with E-state index in [2.05, 4.69) is 55.9 Å². The van der Waals surface area contributed by atoms with E-state index < -0.39 is 0 Å². The van der Waals surface area contributed by atoms with Crippen LogP contribution >= 0.6 is 0 Å². The molecule has 1 aromatic carbocycles. The van der Waals surface area contributed by atoms with Crippen LogP contribution in [-0.2, 0) is 16.0 Å². The predicted molar refractivity (Wildman–Crippen MR) is 109 cm³/mol. The summed E-state index contributed by atoms with van der Waals surface area (Å²) in [6.45, 7) is 4.76. The Bertz CT molecular complexity index is 686. The first-order valence-electron chi connectivity index (χ1n) is 7.92. The van der Waals surface area contributed by atoms with Crippen molar-refractivity contribution in [3.8, 4) is 12.8 Å². The minimum atomic E-state index is -0.183. The Hall–Kier alpha value is -2.84. The number of nitrogens with two attached hydrogens (primary N) is 2. The first-order chi connectivity index (χ1) is 12.0. The van der Waals surface area contributed by atoms with Crippen LogP contribution in [0.2, 0.25) is 0 Å². The number of rotatable bonds is 4. The lowest BCUT2D eigenvalue weighted by Gasteiger charge is -2.15. The van der Waals surface area contributed by atoms with Crippen molar-refractivity contribution in [2.24, 2.45) is 11.5 Å². The van der Waals surface area contributed by atoms with Crippen LogP contribution in [-0.4, -0.2) is 25.2 Å². The zero-order chi connectivity index (χ0) is 19.4. The number of hydrogen-bond acceptors (Lipinski definition) is 5. The molecule has 5 heteroatoms. The standard InChI is InChI=1S/C17H20N2O2.C2H2.CH5N.CH4/c1-11-3-4-13(7-12(11)2)5-6-19-16-9-15(20)8-14(10-18)17(16)21;2*1-2;/h3-4,7,9-10,19H,5-6,8,18H2,1-2H3;1-2H;2H2,1H3;1H4/b14-10+;;;. The Morgan fingerprint density at radius 2 is 1.77 bits per heavy atom. The number of allylic oxidation sites excluding steroid dienone is 2. The maximum atomic E-state index is 12.0. The van der Waals surface area contributed by atoms with Gasteiger partial charge in [0.15, 0.2) is 5.78 Å². The molecule has 0 unspecified atom stereocenters. The maximum absolute atomic E-state index is 12.0. The molecular formula is C21H31N3O2. The second kappa shape index (κ2) is 13.5. The molecule has 142 valence electrons. The summed E-state index contributed by atoms with van der Waals surface area (Å²) in [5, 5.41) is 3.04. The lowest BCUT2D eigenvalue weighted by molar-refractivity contribution is -0.118. The highest BCUT2D eigenvalue weighted by Crippen LogP contribution is 2.15. The van der Waals surface area contributed by atoms with Gasteiger partial charge in [-0.05, 0) is 44.0 Å². The van der Waals surface area contributed by atoms with Crippen molar-refractivity contribution in [2.75, 3.05) is 13.6 Å². The van der Waals surface area contributed by atoms with E-state index in [1.165, 1.54) is 36.0 Å². The molecule has 5 nitrogen and oxygen atoms in total. The Balaban J connectivity index is 0. The molecule has 0 amide bonds.